The second kappa shape index (κ2) is 37.6. The Morgan fingerprint density at radius 2 is 1.47 bits per heavy atom. The zero-order chi connectivity index (χ0) is 69.3. The number of alkyl carbamates (subject to hydrolysis) is 1. The van der Waals surface area contributed by atoms with Gasteiger partial charge in [-0.3, -0.25) is 48.1 Å². The van der Waals surface area contributed by atoms with E-state index in [9.17, 15) is 57.8 Å². The lowest BCUT2D eigenvalue weighted by atomic mass is 9.88. The molecule has 2 aromatic rings. The number of benzene rings is 2. The van der Waals surface area contributed by atoms with Crippen LogP contribution in [0.15, 0.2) is 71.7 Å². The van der Waals surface area contributed by atoms with Gasteiger partial charge in [0.25, 0.3) is 17.7 Å². The second-order valence-electron chi connectivity index (χ2n) is 25.4. The normalized spacial score (nSPS) is 17.4. The minimum absolute atomic E-state index is 0.0783. The molecular weight excluding hydrogens is 1200 g/mol. The fraction of sp³-hybridized carbons (Fsp3) is 0.612. The Kier molecular flexibility index (Phi) is 31.2. The monoisotopic (exact) mass is 1300 g/mol. The van der Waals surface area contributed by atoms with Crippen molar-refractivity contribution in [2.45, 2.75) is 194 Å². The molecule has 2 aliphatic heterocycles. The molecule has 2 aromatic carbocycles. The number of likely N-dealkylation sites (tertiary alicyclic amines) is 1. The number of likely N-dealkylation sites (N-methyl/N-ethyl adjacent to an activating group) is 1. The molecular formula is C67H101N11O15. The summed E-state index contributed by atoms with van der Waals surface area (Å²) in [5.41, 5.74) is 5.13. The van der Waals surface area contributed by atoms with Crippen molar-refractivity contribution in [3.05, 3.63) is 77.9 Å². The van der Waals surface area contributed by atoms with Gasteiger partial charge in [0.1, 0.15) is 24.2 Å². The van der Waals surface area contributed by atoms with Gasteiger partial charge in [-0.2, -0.15) is 0 Å². The summed E-state index contributed by atoms with van der Waals surface area (Å²) in [6, 6.07) is 10.8. The van der Waals surface area contributed by atoms with E-state index in [2.05, 4.69) is 36.9 Å². The minimum Gasteiger partial charge on any atom is -0.445 e. The molecule has 12 amide bonds. The van der Waals surface area contributed by atoms with E-state index in [4.69, 9.17) is 19.9 Å². The second-order valence-corrected chi connectivity index (χ2v) is 25.4. The highest BCUT2D eigenvalue weighted by Crippen LogP contribution is 2.31. The van der Waals surface area contributed by atoms with Crippen LogP contribution in [-0.2, 0) is 64.0 Å². The zero-order valence-electron chi connectivity index (χ0n) is 56.4. The topological polar surface area (TPSA) is 356 Å². The predicted molar refractivity (Wildman–Crippen MR) is 349 cm³/mol. The lowest BCUT2D eigenvalue weighted by molar-refractivity contribution is -0.147. The Bertz CT molecular complexity index is 2900. The van der Waals surface area contributed by atoms with Gasteiger partial charge in [0, 0.05) is 71.4 Å². The van der Waals surface area contributed by atoms with E-state index in [0.717, 1.165) is 4.90 Å². The van der Waals surface area contributed by atoms with Gasteiger partial charge < -0.3 is 66.8 Å². The number of primary amides is 1. The minimum atomic E-state index is -1.60. The van der Waals surface area contributed by atoms with Crippen LogP contribution in [0.3, 0.4) is 0 Å². The van der Waals surface area contributed by atoms with Crippen molar-refractivity contribution in [3.8, 4) is 0 Å². The highest BCUT2D eigenvalue weighted by Gasteiger charge is 2.43. The number of carbonyl (C=O) groups is 11. The Morgan fingerprint density at radius 3 is 2.06 bits per heavy atom. The van der Waals surface area contributed by atoms with Crippen molar-refractivity contribution >= 4 is 77.2 Å². The lowest BCUT2D eigenvalue weighted by Gasteiger charge is -2.40. The van der Waals surface area contributed by atoms with Crippen LogP contribution in [0.4, 0.5) is 15.3 Å². The van der Waals surface area contributed by atoms with Crippen LogP contribution < -0.4 is 37.6 Å². The first-order valence-corrected chi connectivity index (χ1v) is 32.2. The maximum atomic E-state index is 14.6. The van der Waals surface area contributed by atoms with E-state index >= 15 is 0 Å². The molecule has 0 saturated carbocycles. The van der Waals surface area contributed by atoms with E-state index in [1.165, 1.54) is 46.4 Å². The van der Waals surface area contributed by atoms with E-state index < -0.39 is 102 Å². The largest absolute Gasteiger partial charge is 0.445 e. The highest BCUT2D eigenvalue weighted by atomic mass is 16.5. The summed E-state index contributed by atoms with van der Waals surface area (Å²) >= 11 is 0. The number of anilines is 1. The van der Waals surface area contributed by atoms with E-state index in [0.29, 0.717) is 61.9 Å². The van der Waals surface area contributed by atoms with Gasteiger partial charge in [-0.1, -0.05) is 104 Å². The van der Waals surface area contributed by atoms with Crippen LogP contribution in [0.5, 0.6) is 0 Å². The standard InChI is InChI=1S/C67H101N11O15/c1-14-42(6)57(51(91-12)37-55(82)77-36-22-26-50(77)59(92-13)43(7)60(84)71-44(8)58(83)46-23-17-15-18-24-46)76(11)63(87)48(40(2)3)38-70-64(88)67(9,10)75-66(90)93-39-45-28-30-47(31-29-45)72-61(85)49(25-21-34-69-65(68)89)73-62(86)56(41(4)5)74-52(79)27-19-16-20-35-78-53(80)32-33-54(78)81/h15,17-18,23-24,28-33,38,40-44,48-51,56-59,83H,14,16,19-22,25-27,34-37,39H2,1-13H3,(H,71,84)(H,72,85)(H,73,86)(H,74,79)(H,75,90)(H3,68,69,89)/t42-,43+,44+,48?,49-,50-,51+,56-,57-,58+,59+/m0/s1. The van der Waals surface area contributed by atoms with Crippen LogP contribution in [0.2, 0.25) is 0 Å². The van der Waals surface area contributed by atoms with Crippen molar-refractivity contribution in [2.24, 2.45) is 40.3 Å². The summed E-state index contributed by atoms with van der Waals surface area (Å²) < 4.78 is 17.5. The van der Waals surface area contributed by atoms with Crippen LogP contribution in [0.25, 0.3) is 0 Å². The van der Waals surface area contributed by atoms with Gasteiger partial charge >= 0.3 is 12.1 Å². The molecule has 4 rings (SSSR count). The van der Waals surface area contributed by atoms with Gasteiger partial charge in [-0.15, -0.1) is 0 Å². The Morgan fingerprint density at radius 1 is 0.817 bits per heavy atom. The van der Waals surface area contributed by atoms with E-state index in [1.54, 1.807) is 80.9 Å². The number of urea groups is 1. The molecule has 514 valence electrons. The molecule has 2 heterocycles. The molecule has 0 bridgehead atoms. The van der Waals surface area contributed by atoms with Crippen molar-refractivity contribution in [1.82, 2.24) is 41.3 Å². The summed E-state index contributed by atoms with van der Waals surface area (Å²) in [5.74, 6) is -6.48. The third-order valence-corrected chi connectivity index (χ3v) is 17.2. The molecule has 11 atom stereocenters. The number of nitrogens with two attached hydrogens (primary N) is 1. The third-order valence-electron chi connectivity index (χ3n) is 17.2. The van der Waals surface area contributed by atoms with Gasteiger partial charge in [-0.05, 0) is 100 Å². The fourth-order valence-corrected chi connectivity index (χ4v) is 11.4. The molecule has 2 aliphatic rings. The Labute approximate surface area is 547 Å². The molecule has 9 N–H and O–H groups in total. The molecule has 1 saturated heterocycles. The lowest BCUT2D eigenvalue weighted by Crippen LogP contribution is -2.54. The smallest absolute Gasteiger partial charge is 0.408 e. The first-order valence-electron chi connectivity index (χ1n) is 32.2. The molecule has 1 unspecified atom stereocenters. The average Bonchev–Trinajstić information content (AvgIpc) is 2.87. The average molecular weight is 1300 g/mol. The molecule has 0 spiro atoms. The van der Waals surface area contributed by atoms with Crippen LogP contribution in [-0.4, -0.2) is 180 Å². The quantitative estimate of drug-likeness (QED) is 0.0244. The third kappa shape index (κ3) is 23.5. The number of imide groups is 1. The molecule has 0 aromatic heterocycles. The number of hydrogen-bond donors (Lipinski definition) is 8. The number of nitrogens with zero attached hydrogens (tertiary/aromatic N) is 4. The molecule has 26 nitrogen and oxygen atoms in total. The number of nitrogens with one attached hydrogen (secondary N) is 6. The number of aliphatic hydroxyl groups excluding tert-OH is 1. The first-order chi connectivity index (χ1) is 44.0. The molecule has 0 radical (unpaired) electrons. The number of ether oxygens (including phenoxy) is 3. The molecule has 26 heteroatoms. The summed E-state index contributed by atoms with van der Waals surface area (Å²) in [6.07, 6.45) is 4.17. The maximum absolute atomic E-state index is 14.6. The van der Waals surface area contributed by atoms with Crippen LogP contribution in [0, 0.1) is 29.6 Å². The number of amides is 12. The van der Waals surface area contributed by atoms with Gasteiger partial charge in [0.2, 0.25) is 35.4 Å². The number of unbranched alkanes of at least 4 members (excludes halogenated alkanes) is 2. The summed E-state index contributed by atoms with van der Waals surface area (Å²) in [5, 5.41) is 27.1. The SMILES string of the molecule is CC[C@H](C)[C@@H]([C@@H](CC(=O)N1CCC[C@H]1[C@H](OC)[C@@H](C)C(=O)N[C@H](C)[C@@H](O)c1ccccc1)OC)N(C)C(=O)C(C=NC(=O)C(C)(C)NC(=O)OCc1ccc(NC(=O)[C@H](CCCNC(N)=O)NC(=O)[C@@H](NC(=O)CCCCCN2C(=O)C=CC2=O)C(C)C)cc1)C(C)C. The highest BCUT2D eigenvalue weighted by molar-refractivity contribution is 6.12. The summed E-state index contributed by atoms with van der Waals surface area (Å²) in [4.78, 5) is 154. The van der Waals surface area contributed by atoms with Crippen molar-refractivity contribution in [2.75, 3.05) is 46.2 Å². The van der Waals surface area contributed by atoms with Crippen molar-refractivity contribution < 1.29 is 72.1 Å². The number of aliphatic hydroxyl groups is 1. The number of aliphatic imine (C=N–C) groups is 1. The first kappa shape index (κ1) is 77.3. The Hall–Kier alpha value is -8.10. The number of rotatable bonds is 37. The van der Waals surface area contributed by atoms with Gasteiger partial charge in [-0.25, -0.2) is 14.6 Å². The number of carbonyl (C=O) groups excluding carboxylic acids is 11. The molecule has 93 heavy (non-hydrogen) atoms. The van der Waals surface area contributed by atoms with E-state index in [-0.39, 0.29) is 92.7 Å². The van der Waals surface area contributed by atoms with Crippen LogP contribution >= 0.6 is 0 Å². The maximum Gasteiger partial charge on any atom is 0.408 e. The zero-order valence-corrected chi connectivity index (χ0v) is 56.4. The molecule has 1 fully saturated rings. The predicted octanol–water partition coefficient (Wildman–Crippen LogP) is 5.22. The van der Waals surface area contributed by atoms with Gasteiger partial charge in [0.15, 0.2) is 0 Å². The van der Waals surface area contributed by atoms with Crippen molar-refractivity contribution in [3.63, 3.8) is 0 Å². The Balaban J connectivity index is 1.33. The molecule has 0 aliphatic carbocycles. The summed E-state index contributed by atoms with van der Waals surface area (Å²) in [7, 11) is 4.65. The van der Waals surface area contributed by atoms with E-state index in [1.807, 2.05) is 45.9 Å². The van der Waals surface area contributed by atoms with Crippen LogP contribution in [0.1, 0.15) is 151 Å². The fourth-order valence-electron chi connectivity index (χ4n) is 11.4. The number of methoxy groups -OCH3 is 2. The number of hydrogen-bond acceptors (Lipinski definition) is 15. The summed E-state index contributed by atoms with van der Waals surface area (Å²) in [6.45, 7) is 18.0. The van der Waals surface area contributed by atoms with Gasteiger partial charge in [0.05, 0.1) is 54.7 Å². The van der Waals surface area contributed by atoms with Crippen molar-refractivity contribution in [1.29, 1.82) is 0 Å².